The van der Waals surface area contributed by atoms with Crippen molar-refractivity contribution in [3.05, 3.63) is 11.3 Å². The summed E-state index contributed by atoms with van der Waals surface area (Å²) in [4.78, 5) is 12.3. The Morgan fingerprint density at radius 3 is 2.18 bits per heavy atom. The van der Waals surface area contributed by atoms with Crippen molar-refractivity contribution in [1.82, 2.24) is 0 Å². The van der Waals surface area contributed by atoms with Crippen molar-refractivity contribution in [1.29, 1.82) is 0 Å². The zero-order valence-electron chi connectivity index (χ0n) is 30.9. The minimum absolute atomic E-state index is 0.0431. The maximum absolute atomic E-state index is 12.3. The fraction of sp³-hybridized carbons (Fsp3) is 0.921. The first-order valence-electron chi connectivity index (χ1n) is 18.1. The third kappa shape index (κ3) is 4.37. The van der Waals surface area contributed by atoms with Gasteiger partial charge >= 0.3 is 5.97 Å². The Bertz CT molecular complexity index is 1280. The number of hydrogen-bond acceptors (Lipinski definition) is 6. The number of hydrogen-bond donors (Lipinski definition) is 2. The van der Waals surface area contributed by atoms with Gasteiger partial charge in [-0.2, -0.15) is 0 Å². The van der Waals surface area contributed by atoms with E-state index in [4.69, 9.17) is 19.6 Å². The maximum atomic E-state index is 12.3. The van der Waals surface area contributed by atoms with Gasteiger partial charge in [0, 0.05) is 23.8 Å². The van der Waals surface area contributed by atoms with E-state index in [1.54, 1.807) is 13.8 Å². The van der Waals surface area contributed by atoms with Crippen LogP contribution in [0.15, 0.2) is 11.3 Å². The normalized spacial score (nSPS) is 46.1. The first-order chi connectivity index (χ1) is 20.4. The average molecular weight is 644 g/mol. The van der Waals surface area contributed by atoms with Gasteiger partial charge in [-0.3, -0.25) is 4.79 Å². The van der Waals surface area contributed by atoms with Gasteiger partial charge in [0.25, 0.3) is 0 Å². The van der Waals surface area contributed by atoms with E-state index in [0.29, 0.717) is 29.1 Å². The van der Waals surface area contributed by atoms with E-state index in [0.717, 1.165) is 18.6 Å². The molecule has 0 radical (unpaired) electrons. The van der Waals surface area contributed by atoms with Gasteiger partial charge in [-0.15, -0.1) is 0 Å². The number of allylic oxidation sites excluding steroid dienone is 1. The number of aliphatic hydroxyl groups is 1. The van der Waals surface area contributed by atoms with Gasteiger partial charge in [-0.1, -0.05) is 55.4 Å². The van der Waals surface area contributed by atoms with Crippen molar-refractivity contribution in [3.63, 3.8) is 0 Å². The number of fused-ring (bicyclic) bond motifs is 3. The summed E-state index contributed by atoms with van der Waals surface area (Å²) in [6, 6.07) is 0.286. The predicted molar refractivity (Wildman–Crippen MR) is 182 cm³/mol. The van der Waals surface area contributed by atoms with Gasteiger partial charge in [0.1, 0.15) is 18.0 Å². The molecule has 7 heteroatoms. The van der Waals surface area contributed by atoms with Crippen LogP contribution in [0, 0.1) is 44.8 Å². The second-order valence-electron chi connectivity index (χ2n) is 19.8. The Morgan fingerprint density at radius 2 is 1.60 bits per heavy atom. The molecule has 1 aliphatic heterocycles. The van der Waals surface area contributed by atoms with Gasteiger partial charge in [-0.05, 0) is 123 Å². The van der Waals surface area contributed by atoms with Crippen LogP contribution in [0.5, 0.6) is 0 Å². The molecule has 4 saturated carbocycles. The van der Waals surface area contributed by atoms with Crippen molar-refractivity contribution < 1.29 is 23.8 Å². The highest BCUT2D eigenvalue weighted by Gasteiger charge is 2.84. The Balaban J connectivity index is 1.47. The number of ether oxygens (including phenoxy) is 2. The van der Waals surface area contributed by atoms with Crippen LogP contribution in [0.3, 0.4) is 0 Å². The van der Waals surface area contributed by atoms with Crippen LogP contribution in [-0.2, 0) is 18.7 Å². The first-order valence-corrected chi connectivity index (χ1v) is 21.1. The monoisotopic (exact) mass is 643 g/mol. The van der Waals surface area contributed by atoms with Crippen molar-refractivity contribution in [2.24, 2.45) is 50.6 Å². The molecule has 6 nitrogen and oxygen atoms in total. The number of esters is 1. The van der Waals surface area contributed by atoms with E-state index in [2.05, 4.69) is 68.5 Å². The van der Waals surface area contributed by atoms with Crippen LogP contribution in [0.4, 0.5) is 0 Å². The molecule has 0 bridgehead atoms. The Labute approximate surface area is 275 Å². The average Bonchev–Trinajstić information content (AvgIpc) is 3.52. The summed E-state index contributed by atoms with van der Waals surface area (Å²) in [5, 5.41) is 11.3. The fourth-order valence-corrected chi connectivity index (χ4v) is 13.6. The van der Waals surface area contributed by atoms with Crippen LogP contribution in [0.1, 0.15) is 128 Å². The summed E-state index contributed by atoms with van der Waals surface area (Å²) in [5.41, 5.74) is 7.81. The molecule has 0 aromatic rings. The SMILES string of the molecule is CC(=O)O[C@@H]([C@H]1C[C@@H](C)C2=C(O1)[C@H](O[Si](C)(C)C(C)(C)C)[C@@]1(C)[C@@H]3CC[C@H]4C(C)(C)[C@H](N)CC[C@@]45C[C@@]35CC[C@]21C)C(C)(C)O. The number of carbonyl (C=O) groups is 1. The molecule has 0 saturated heterocycles. The van der Waals surface area contributed by atoms with Gasteiger partial charge < -0.3 is 24.7 Å². The van der Waals surface area contributed by atoms with Crippen LogP contribution in [0.25, 0.3) is 0 Å². The van der Waals surface area contributed by atoms with Crippen LogP contribution in [0.2, 0.25) is 18.1 Å². The molecule has 0 amide bonds. The van der Waals surface area contributed by atoms with Gasteiger partial charge in [0.2, 0.25) is 0 Å². The highest BCUT2D eigenvalue weighted by Crippen LogP contribution is 2.89. The lowest BCUT2D eigenvalue weighted by molar-refractivity contribution is -0.181. The van der Waals surface area contributed by atoms with E-state index >= 15 is 0 Å². The van der Waals surface area contributed by atoms with E-state index in [1.165, 1.54) is 44.6 Å². The molecule has 3 N–H and O–H groups in total. The second-order valence-corrected chi connectivity index (χ2v) is 24.5. The maximum Gasteiger partial charge on any atom is 0.303 e. The highest BCUT2D eigenvalue weighted by molar-refractivity contribution is 6.74. The summed E-state index contributed by atoms with van der Waals surface area (Å²) in [5.74, 6) is 2.10. The summed E-state index contributed by atoms with van der Waals surface area (Å²) >= 11 is 0. The molecule has 45 heavy (non-hydrogen) atoms. The van der Waals surface area contributed by atoms with Gasteiger partial charge in [0.05, 0.1) is 5.60 Å². The van der Waals surface area contributed by atoms with E-state index in [9.17, 15) is 9.90 Å². The fourth-order valence-electron chi connectivity index (χ4n) is 12.4. The zero-order chi connectivity index (χ0) is 33.6. The molecule has 0 aromatic heterocycles. The van der Waals surface area contributed by atoms with Crippen molar-refractivity contribution in [2.45, 2.75) is 176 Å². The second kappa shape index (κ2) is 9.85. The van der Waals surface area contributed by atoms with Crippen molar-refractivity contribution in [2.75, 3.05) is 0 Å². The molecule has 5 aliphatic carbocycles. The minimum atomic E-state index is -2.24. The highest BCUT2D eigenvalue weighted by atomic mass is 28.4. The topological polar surface area (TPSA) is 91.0 Å². The zero-order valence-corrected chi connectivity index (χ0v) is 31.9. The van der Waals surface area contributed by atoms with Gasteiger partial charge in [0.15, 0.2) is 14.4 Å². The molecule has 256 valence electrons. The number of carbonyl (C=O) groups excluding carboxylic acids is 1. The molecule has 0 unspecified atom stereocenters. The summed E-state index contributed by atoms with van der Waals surface area (Å²) in [6.45, 7) is 29.0. The quantitative estimate of drug-likeness (QED) is 0.232. The number of nitrogens with two attached hydrogens (primary N) is 1. The molecule has 6 rings (SSSR count). The molecule has 11 atom stereocenters. The molecule has 6 aliphatic rings. The van der Waals surface area contributed by atoms with Crippen LogP contribution >= 0.6 is 0 Å². The lowest BCUT2D eigenvalue weighted by Crippen LogP contribution is -2.62. The number of rotatable bonds is 5. The van der Waals surface area contributed by atoms with Crippen LogP contribution < -0.4 is 5.73 Å². The van der Waals surface area contributed by atoms with Crippen LogP contribution in [-0.4, -0.2) is 49.3 Å². The van der Waals surface area contributed by atoms with Crippen molar-refractivity contribution >= 4 is 14.3 Å². The lowest BCUT2D eigenvalue weighted by Gasteiger charge is -2.64. The molecular formula is C38H65NO5Si. The van der Waals surface area contributed by atoms with Crippen molar-refractivity contribution in [3.8, 4) is 0 Å². The third-order valence-electron chi connectivity index (χ3n) is 15.9. The summed E-state index contributed by atoms with van der Waals surface area (Å²) in [7, 11) is -2.24. The smallest absolute Gasteiger partial charge is 0.303 e. The molecule has 0 aromatic carbocycles. The van der Waals surface area contributed by atoms with E-state index in [-0.39, 0.29) is 45.3 Å². The molecule has 4 fully saturated rings. The Morgan fingerprint density at radius 1 is 1.00 bits per heavy atom. The summed E-state index contributed by atoms with van der Waals surface area (Å²) < 4.78 is 20.7. The lowest BCUT2D eigenvalue weighted by atomic mass is 9.41. The molecule has 1 heterocycles. The molecule has 2 spiro atoms. The Kier molecular flexibility index (Phi) is 7.44. The third-order valence-corrected chi connectivity index (χ3v) is 20.3. The van der Waals surface area contributed by atoms with Gasteiger partial charge in [-0.25, -0.2) is 0 Å². The minimum Gasteiger partial charge on any atom is -0.488 e. The standard InChI is InChI=1S/C38H65NO5Si/c1-22-20-24(30(34(8,9)41)42-23(2)40)43-29-28(22)35(10)18-19-38-21-37(38)17-16-27(39)33(6,7)25(37)14-15-26(38)36(35,11)31(29)44-45(12,13)32(3,4)5/h22,24-27,30-31,41H,14-21,39H2,1-13H3/t22-,24-,25+,26+,27-,30+,31+,35-,36-,37-,38+/m1/s1. The first kappa shape index (κ1) is 34.0. The molecular weight excluding hydrogens is 579 g/mol. The van der Waals surface area contributed by atoms with E-state index < -0.39 is 26.1 Å². The summed E-state index contributed by atoms with van der Waals surface area (Å²) in [6.07, 6.45) is 8.06. The largest absolute Gasteiger partial charge is 0.488 e. The van der Waals surface area contributed by atoms with E-state index in [1.807, 2.05) is 0 Å². The predicted octanol–water partition coefficient (Wildman–Crippen LogP) is 8.13. The Hall–Kier alpha value is -0.893.